The molecule has 1 aromatic rings. The van der Waals surface area contributed by atoms with Gasteiger partial charge in [0, 0.05) is 18.9 Å². The summed E-state index contributed by atoms with van der Waals surface area (Å²) >= 11 is 0. The Kier molecular flexibility index (Phi) is 8.26. The molecule has 1 rings (SSSR count). The largest absolute Gasteiger partial charge is 0.399 e. The van der Waals surface area contributed by atoms with E-state index in [4.69, 9.17) is 10.5 Å². The van der Waals surface area contributed by atoms with Crippen molar-refractivity contribution in [3.05, 3.63) is 29.8 Å². The molecule has 0 spiro atoms. The number of rotatable bonds is 10. The van der Waals surface area contributed by atoms with Crippen LogP contribution < -0.4 is 11.1 Å². The summed E-state index contributed by atoms with van der Waals surface area (Å²) in [7, 11) is 0. The minimum Gasteiger partial charge on any atom is -0.399 e. The van der Waals surface area contributed by atoms with E-state index >= 15 is 0 Å². The van der Waals surface area contributed by atoms with Crippen LogP contribution in [0.3, 0.4) is 0 Å². The van der Waals surface area contributed by atoms with Gasteiger partial charge in [0.25, 0.3) is 0 Å². The molecular formula is C15H26N2O. The number of hydrogen-bond acceptors (Lipinski definition) is 3. The number of anilines is 1. The monoisotopic (exact) mass is 250 g/mol. The second-order valence-electron chi connectivity index (χ2n) is 4.56. The van der Waals surface area contributed by atoms with E-state index in [9.17, 15) is 0 Å². The highest BCUT2D eigenvalue weighted by molar-refractivity contribution is 5.40. The zero-order valence-corrected chi connectivity index (χ0v) is 11.5. The van der Waals surface area contributed by atoms with Gasteiger partial charge >= 0.3 is 0 Å². The predicted octanol–water partition coefficient (Wildman–Crippen LogP) is 2.61. The quantitative estimate of drug-likeness (QED) is 0.495. The van der Waals surface area contributed by atoms with Crippen LogP contribution in [-0.4, -0.2) is 26.3 Å². The Labute approximate surface area is 111 Å². The summed E-state index contributed by atoms with van der Waals surface area (Å²) < 4.78 is 5.50. The molecule has 3 nitrogen and oxygen atoms in total. The van der Waals surface area contributed by atoms with Crippen molar-refractivity contribution < 1.29 is 4.74 Å². The summed E-state index contributed by atoms with van der Waals surface area (Å²) in [5.41, 5.74) is 7.87. The summed E-state index contributed by atoms with van der Waals surface area (Å²) in [6.07, 6.45) is 4.49. The third-order valence-corrected chi connectivity index (χ3v) is 2.83. The van der Waals surface area contributed by atoms with Crippen LogP contribution in [0.15, 0.2) is 24.3 Å². The molecule has 0 aromatic heterocycles. The SMILES string of the molecule is CCCCOCCCNCCc1cccc(N)c1. The number of nitrogens with one attached hydrogen (secondary N) is 1. The van der Waals surface area contributed by atoms with Gasteiger partial charge in [-0.3, -0.25) is 0 Å². The first-order valence-corrected chi connectivity index (χ1v) is 6.96. The lowest BCUT2D eigenvalue weighted by Gasteiger charge is -2.06. The van der Waals surface area contributed by atoms with Gasteiger partial charge in [-0.2, -0.15) is 0 Å². The molecule has 0 heterocycles. The summed E-state index contributed by atoms with van der Waals surface area (Å²) in [6.45, 7) is 5.97. The van der Waals surface area contributed by atoms with Gasteiger partial charge in [0.05, 0.1) is 0 Å². The standard InChI is InChI=1S/C15H26N2O/c1-2-3-11-18-12-5-9-17-10-8-14-6-4-7-15(16)13-14/h4,6-7,13,17H,2-3,5,8-12,16H2,1H3. The lowest BCUT2D eigenvalue weighted by atomic mass is 10.1. The highest BCUT2D eigenvalue weighted by atomic mass is 16.5. The molecule has 1 aromatic carbocycles. The van der Waals surface area contributed by atoms with Gasteiger partial charge < -0.3 is 15.8 Å². The molecule has 0 radical (unpaired) electrons. The van der Waals surface area contributed by atoms with Gasteiger partial charge in [0.2, 0.25) is 0 Å². The zero-order chi connectivity index (χ0) is 13.1. The zero-order valence-electron chi connectivity index (χ0n) is 11.5. The van der Waals surface area contributed by atoms with E-state index < -0.39 is 0 Å². The first-order valence-electron chi connectivity index (χ1n) is 6.96. The van der Waals surface area contributed by atoms with Gasteiger partial charge in [-0.25, -0.2) is 0 Å². The fourth-order valence-electron chi connectivity index (χ4n) is 1.75. The number of ether oxygens (including phenoxy) is 1. The molecule has 3 N–H and O–H groups in total. The maximum absolute atomic E-state index is 5.73. The summed E-state index contributed by atoms with van der Waals surface area (Å²) in [4.78, 5) is 0. The normalized spacial score (nSPS) is 10.7. The molecule has 0 aliphatic heterocycles. The Morgan fingerprint density at radius 3 is 2.78 bits per heavy atom. The second kappa shape index (κ2) is 9.92. The van der Waals surface area contributed by atoms with Gasteiger partial charge in [-0.1, -0.05) is 25.5 Å². The fourth-order valence-corrected chi connectivity index (χ4v) is 1.75. The van der Waals surface area contributed by atoms with E-state index in [-0.39, 0.29) is 0 Å². The Hall–Kier alpha value is -1.06. The number of hydrogen-bond donors (Lipinski definition) is 2. The van der Waals surface area contributed by atoms with Crippen LogP contribution in [0.25, 0.3) is 0 Å². The van der Waals surface area contributed by atoms with Crippen LogP contribution in [0.1, 0.15) is 31.7 Å². The van der Waals surface area contributed by atoms with E-state index in [1.54, 1.807) is 0 Å². The van der Waals surface area contributed by atoms with Crippen molar-refractivity contribution >= 4 is 5.69 Å². The average molecular weight is 250 g/mol. The molecule has 18 heavy (non-hydrogen) atoms. The highest BCUT2D eigenvalue weighted by Gasteiger charge is 1.94. The van der Waals surface area contributed by atoms with Crippen molar-refractivity contribution in [2.75, 3.05) is 32.0 Å². The Bertz CT molecular complexity index is 315. The number of benzene rings is 1. The van der Waals surface area contributed by atoms with Gasteiger partial charge in [0.1, 0.15) is 0 Å². The van der Waals surface area contributed by atoms with Crippen LogP contribution in [0.2, 0.25) is 0 Å². The molecule has 0 saturated heterocycles. The van der Waals surface area contributed by atoms with Crippen molar-refractivity contribution in [1.82, 2.24) is 5.32 Å². The maximum Gasteiger partial charge on any atom is 0.0478 e. The molecule has 0 atom stereocenters. The summed E-state index contributed by atoms with van der Waals surface area (Å²) in [6, 6.07) is 8.08. The Balaban J connectivity index is 1.92. The molecule has 102 valence electrons. The third kappa shape index (κ3) is 7.30. The Morgan fingerprint density at radius 1 is 1.17 bits per heavy atom. The van der Waals surface area contributed by atoms with Crippen LogP contribution in [0, 0.1) is 0 Å². The highest BCUT2D eigenvalue weighted by Crippen LogP contribution is 2.06. The third-order valence-electron chi connectivity index (χ3n) is 2.83. The first kappa shape index (κ1) is 15.0. The van der Waals surface area contributed by atoms with E-state index in [0.717, 1.165) is 44.8 Å². The van der Waals surface area contributed by atoms with Gasteiger partial charge in [-0.05, 0) is 50.0 Å². The van der Waals surface area contributed by atoms with E-state index in [2.05, 4.69) is 18.3 Å². The molecule has 0 bridgehead atoms. The minimum atomic E-state index is 0.844. The topological polar surface area (TPSA) is 47.3 Å². The molecule has 0 fully saturated rings. The lowest BCUT2D eigenvalue weighted by molar-refractivity contribution is 0.129. The van der Waals surface area contributed by atoms with Crippen LogP contribution in [0.4, 0.5) is 5.69 Å². The van der Waals surface area contributed by atoms with Crippen molar-refractivity contribution in [3.8, 4) is 0 Å². The Morgan fingerprint density at radius 2 is 2.00 bits per heavy atom. The number of unbranched alkanes of at least 4 members (excludes halogenated alkanes) is 1. The molecule has 0 aliphatic rings. The second-order valence-corrected chi connectivity index (χ2v) is 4.56. The van der Waals surface area contributed by atoms with Crippen LogP contribution in [-0.2, 0) is 11.2 Å². The van der Waals surface area contributed by atoms with Crippen LogP contribution in [0.5, 0.6) is 0 Å². The lowest BCUT2D eigenvalue weighted by Crippen LogP contribution is -2.19. The van der Waals surface area contributed by atoms with Gasteiger partial charge in [-0.15, -0.1) is 0 Å². The molecular weight excluding hydrogens is 224 g/mol. The predicted molar refractivity (Wildman–Crippen MR) is 77.8 cm³/mol. The first-order chi connectivity index (χ1) is 8.83. The summed E-state index contributed by atoms with van der Waals surface area (Å²) in [5, 5.41) is 3.42. The van der Waals surface area contributed by atoms with Gasteiger partial charge in [0.15, 0.2) is 0 Å². The van der Waals surface area contributed by atoms with E-state index in [0.29, 0.717) is 0 Å². The van der Waals surface area contributed by atoms with E-state index in [1.165, 1.54) is 18.4 Å². The van der Waals surface area contributed by atoms with Crippen molar-refractivity contribution in [2.45, 2.75) is 32.6 Å². The molecule has 0 saturated carbocycles. The number of nitrogen functional groups attached to an aromatic ring is 1. The molecule has 3 heteroatoms. The minimum absolute atomic E-state index is 0.844. The van der Waals surface area contributed by atoms with Crippen molar-refractivity contribution in [1.29, 1.82) is 0 Å². The number of nitrogens with two attached hydrogens (primary N) is 1. The smallest absolute Gasteiger partial charge is 0.0478 e. The maximum atomic E-state index is 5.73. The van der Waals surface area contributed by atoms with E-state index in [1.807, 2.05) is 18.2 Å². The summed E-state index contributed by atoms with van der Waals surface area (Å²) in [5.74, 6) is 0. The molecule has 0 unspecified atom stereocenters. The van der Waals surface area contributed by atoms with Crippen LogP contribution >= 0.6 is 0 Å². The van der Waals surface area contributed by atoms with Crippen molar-refractivity contribution in [3.63, 3.8) is 0 Å². The molecule has 0 aliphatic carbocycles. The molecule has 0 amide bonds. The fraction of sp³-hybridized carbons (Fsp3) is 0.600. The average Bonchev–Trinajstić information content (AvgIpc) is 2.37. The van der Waals surface area contributed by atoms with Crippen molar-refractivity contribution in [2.24, 2.45) is 0 Å².